The molecule has 1 heterocycles. The molecule has 4 unspecified atom stereocenters. The zero-order valence-corrected chi connectivity index (χ0v) is 13.7. The zero-order valence-electron chi connectivity index (χ0n) is 12.7. The minimum Gasteiger partial charge on any atom is -0.378 e. The first-order chi connectivity index (χ1) is 9.69. The lowest BCUT2D eigenvalue weighted by Gasteiger charge is -2.44. The SMILES string of the molecule is CO[Si](OC)(OC)C12CCC(CC1COCC1CO1)C2. The molecule has 2 saturated carbocycles. The lowest BCUT2D eigenvalue weighted by Crippen LogP contribution is -2.56. The molecule has 3 fully saturated rings. The van der Waals surface area contributed by atoms with E-state index in [4.69, 9.17) is 22.8 Å². The monoisotopic (exact) mass is 302 g/mol. The Bertz CT molecular complexity index is 336. The van der Waals surface area contributed by atoms with E-state index in [1.54, 1.807) is 21.3 Å². The van der Waals surface area contributed by atoms with Crippen molar-refractivity contribution < 1.29 is 22.8 Å². The molecule has 0 amide bonds. The molecule has 20 heavy (non-hydrogen) atoms. The summed E-state index contributed by atoms with van der Waals surface area (Å²) in [4.78, 5) is 0. The van der Waals surface area contributed by atoms with Gasteiger partial charge in [0.15, 0.2) is 0 Å². The Morgan fingerprint density at radius 1 is 1.15 bits per heavy atom. The third-order valence-corrected chi connectivity index (χ3v) is 9.19. The van der Waals surface area contributed by atoms with E-state index in [9.17, 15) is 0 Å². The van der Waals surface area contributed by atoms with Gasteiger partial charge in [-0.1, -0.05) is 0 Å². The highest BCUT2D eigenvalue weighted by molar-refractivity contribution is 6.64. The molecule has 1 saturated heterocycles. The van der Waals surface area contributed by atoms with Crippen LogP contribution in [0.15, 0.2) is 0 Å². The lowest BCUT2D eigenvalue weighted by atomic mass is 9.88. The Morgan fingerprint density at radius 2 is 1.85 bits per heavy atom. The van der Waals surface area contributed by atoms with Crippen LogP contribution in [0.5, 0.6) is 0 Å². The van der Waals surface area contributed by atoms with E-state index < -0.39 is 8.80 Å². The first-order valence-electron chi connectivity index (χ1n) is 7.54. The van der Waals surface area contributed by atoms with Gasteiger partial charge in [-0.15, -0.1) is 0 Å². The average molecular weight is 302 g/mol. The molecule has 0 radical (unpaired) electrons. The van der Waals surface area contributed by atoms with Crippen LogP contribution in [0.2, 0.25) is 5.04 Å². The van der Waals surface area contributed by atoms with Crippen molar-refractivity contribution in [2.45, 2.75) is 36.8 Å². The zero-order chi connectivity index (χ0) is 14.2. The number of ether oxygens (including phenoxy) is 2. The maximum Gasteiger partial charge on any atom is 0.507 e. The maximum atomic E-state index is 5.88. The van der Waals surface area contributed by atoms with Gasteiger partial charge >= 0.3 is 8.80 Å². The van der Waals surface area contributed by atoms with Crippen molar-refractivity contribution in [3.63, 3.8) is 0 Å². The van der Waals surface area contributed by atoms with Crippen molar-refractivity contribution in [2.75, 3.05) is 41.2 Å². The van der Waals surface area contributed by atoms with Gasteiger partial charge in [0, 0.05) is 26.4 Å². The van der Waals surface area contributed by atoms with E-state index in [1.807, 2.05) is 0 Å². The van der Waals surface area contributed by atoms with Gasteiger partial charge in [-0.05, 0) is 37.5 Å². The van der Waals surface area contributed by atoms with Crippen LogP contribution in [-0.4, -0.2) is 56.1 Å². The smallest absolute Gasteiger partial charge is 0.378 e. The number of hydrogen-bond acceptors (Lipinski definition) is 5. The number of hydrogen-bond donors (Lipinski definition) is 0. The molecule has 1 aliphatic heterocycles. The molecule has 0 spiro atoms. The van der Waals surface area contributed by atoms with Crippen molar-refractivity contribution in [3.05, 3.63) is 0 Å². The van der Waals surface area contributed by atoms with Gasteiger partial charge in [-0.25, -0.2) is 0 Å². The van der Waals surface area contributed by atoms with Crippen LogP contribution in [0.4, 0.5) is 0 Å². The second kappa shape index (κ2) is 5.66. The molecule has 0 aromatic rings. The van der Waals surface area contributed by atoms with Crippen LogP contribution < -0.4 is 0 Å². The van der Waals surface area contributed by atoms with Crippen LogP contribution in [0.1, 0.15) is 25.7 Å². The second-order valence-corrected chi connectivity index (χ2v) is 9.69. The van der Waals surface area contributed by atoms with Gasteiger partial charge in [0.05, 0.1) is 19.8 Å². The van der Waals surface area contributed by atoms with E-state index in [-0.39, 0.29) is 5.04 Å². The minimum atomic E-state index is -2.63. The van der Waals surface area contributed by atoms with Crippen LogP contribution in [0.3, 0.4) is 0 Å². The van der Waals surface area contributed by atoms with Gasteiger partial charge in [-0.3, -0.25) is 0 Å². The lowest BCUT2D eigenvalue weighted by molar-refractivity contribution is 0.0335. The van der Waals surface area contributed by atoms with Crippen LogP contribution in [0, 0.1) is 11.8 Å². The van der Waals surface area contributed by atoms with E-state index in [0.717, 1.165) is 32.2 Å². The Hall–Kier alpha value is 0.0169. The summed E-state index contributed by atoms with van der Waals surface area (Å²) in [6, 6.07) is 0. The van der Waals surface area contributed by atoms with Gasteiger partial charge in [-0.2, -0.15) is 0 Å². The summed E-state index contributed by atoms with van der Waals surface area (Å²) in [7, 11) is 2.57. The molecule has 4 atom stereocenters. The molecule has 5 nitrogen and oxygen atoms in total. The summed E-state index contributed by atoms with van der Waals surface area (Å²) in [6.07, 6.45) is 5.14. The normalized spacial score (nSPS) is 39.5. The summed E-state index contributed by atoms with van der Waals surface area (Å²) in [5.74, 6) is 1.28. The van der Waals surface area contributed by atoms with Crippen molar-refractivity contribution in [2.24, 2.45) is 11.8 Å². The minimum absolute atomic E-state index is 0.0559. The van der Waals surface area contributed by atoms with Gasteiger partial charge in [0.1, 0.15) is 6.10 Å². The number of epoxide rings is 1. The Morgan fingerprint density at radius 3 is 2.40 bits per heavy atom. The highest BCUT2D eigenvalue weighted by Crippen LogP contribution is 2.67. The highest BCUT2D eigenvalue weighted by Gasteiger charge is 2.69. The van der Waals surface area contributed by atoms with E-state index in [2.05, 4.69) is 0 Å². The molecule has 0 aromatic carbocycles. The molecule has 0 aromatic heterocycles. The molecule has 116 valence electrons. The third kappa shape index (κ3) is 2.26. The van der Waals surface area contributed by atoms with Crippen molar-refractivity contribution >= 4 is 8.80 Å². The Balaban J connectivity index is 1.72. The van der Waals surface area contributed by atoms with Crippen LogP contribution in [0.25, 0.3) is 0 Å². The summed E-state index contributed by atoms with van der Waals surface area (Å²) < 4.78 is 28.6. The van der Waals surface area contributed by atoms with E-state index >= 15 is 0 Å². The molecule has 2 bridgehead atoms. The van der Waals surface area contributed by atoms with Gasteiger partial charge in [0.25, 0.3) is 0 Å². The van der Waals surface area contributed by atoms with Crippen LogP contribution >= 0.6 is 0 Å². The van der Waals surface area contributed by atoms with Gasteiger partial charge < -0.3 is 22.8 Å². The summed E-state index contributed by atoms with van der Waals surface area (Å²) in [5, 5.41) is 0.0559. The predicted molar refractivity (Wildman–Crippen MR) is 75.5 cm³/mol. The van der Waals surface area contributed by atoms with Crippen LogP contribution in [-0.2, 0) is 22.8 Å². The number of fused-ring (bicyclic) bond motifs is 2. The standard InChI is InChI=1S/C14H26O5Si/c1-15-20(16-2,17-3)14-5-4-11(7-14)6-12(14)8-18-9-13-10-19-13/h11-13H,4-10H2,1-3H3. The molecule has 2 aliphatic carbocycles. The quantitative estimate of drug-likeness (QED) is 0.506. The summed E-state index contributed by atoms with van der Waals surface area (Å²) in [5.41, 5.74) is 0. The first kappa shape index (κ1) is 14.9. The molecular formula is C14H26O5Si. The topological polar surface area (TPSA) is 49.5 Å². The average Bonchev–Trinajstić information content (AvgIpc) is 3.10. The molecule has 0 N–H and O–H groups in total. The molecule has 3 aliphatic rings. The third-order valence-electron chi connectivity index (χ3n) is 5.49. The maximum absolute atomic E-state index is 5.88. The Kier molecular flexibility index (Phi) is 4.23. The molecule has 3 rings (SSSR count). The summed E-state index contributed by atoms with van der Waals surface area (Å²) >= 11 is 0. The molecular weight excluding hydrogens is 276 g/mol. The first-order valence-corrected chi connectivity index (χ1v) is 9.27. The van der Waals surface area contributed by atoms with Crippen molar-refractivity contribution in [1.82, 2.24) is 0 Å². The van der Waals surface area contributed by atoms with Gasteiger partial charge in [0.2, 0.25) is 0 Å². The highest BCUT2D eigenvalue weighted by atomic mass is 28.4. The predicted octanol–water partition coefficient (Wildman–Crippen LogP) is 1.84. The summed E-state index contributed by atoms with van der Waals surface area (Å²) in [6.45, 7) is 2.35. The molecule has 6 heteroatoms. The van der Waals surface area contributed by atoms with E-state index in [0.29, 0.717) is 12.0 Å². The van der Waals surface area contributed by atoms with E-state index in [1.165, 1.54) is 19.3 Å². The Labute approximate surface area is 122 Å². The van der Waals surface area contributed by atoms with Crippen molar-refractivity contribution in [1.29, 1.82) is 0 Å². The second-order valence-electron chi connectivity index (χ2n) is 6.36. The fraction of sp³-hybridized carbons (Fsp3) is 1.00. The fourth-order valence-electron chi connectivity index (χ4n) is 4.50. The van der Waals surface area contributed by atoms with Crippen molar-refractivity contribution in [3.8, 4) is 0 Å². The fourth-order valence-corrected chi connectivity index (χ4v) is 7.91. The largest absolute Gasteiger partial charge is 0.507 e. The number of rotatable bonds is 8.